The van der Waals surface area contributed by atoms with Crippen molar-refractivity contribution in [2.75, 3.05) is 19.3 Å². The maximum Gasteiger partial charge on any atom is 0.226 e. The summed E-state index contributed by atoms with van der Waals surface area (Å²) in [6, 6.07) is 6.51. The van der Waals surface area contributed by atoms with Gasteiger partial charge in [-0.2, -0.15) is 5.10 Å². The zero-order chi connectivity index (χ0) is 18.0. The minimum absolute atomic E-state index is 0.0664. The van der Waals surface area contributed by atoms with Gasteiger partial charge in [-0.05, 0) is 37.5 Å². The van der Waals surface area contributed by atoms with Crippen LogP contribution in [0.25, 0.3) is 0 Å². The van der Waals surface area contributed by atoms with Crippen LogP contribution in [-0.4, -0.2) is 53.8 Å². The summed E-state index contributed by atoms with van der Waals surface area (Å²) in [6.45, 7) is 3.27. The number of piperidine rings is 1. The van der Waals surface area contributed by atoms with Gasteiger partial charge in [0.05, 0.1) is 11.3 Å². The Hall–Kier alpha value is -2.22. The average Bonchev–Trinajstić information content (AvgIpc) is 3.01. The number of likely N-dealkylation sites (tertiary alicyclic amines) is 1. The second-order valence-electron chi connectivity index (χ2n) is 6.53. The molecular formula is C17H22N4O3S. The Morgan fingerprint density at radius 1 is 1.24 bits per heavy atom. The van der Waals surface area contributed by atoms with Gasteiger partial charge in [-0.25, -0.2) is 13.4 Å². The molecule has 0 unspecified atom stereocenters. The Morgan fingerprint density at radius 2 is 1.88 bits per heavy atom. The fourth-order valence-electron chi connectivity index (χ4n) is 3.07. The number of sulfone groups is 1. The molecule has 134 valence electrons. The van der Waals surface area contributed by atoms with E-state index in [2.05, 4.69) is 15.2 Å². The molecule has 25 heavy (non-hydrogen) atoms. The van der Waals surface area contributed by atoms with Crippen LogP contribution in [0.5, 0.6) is 0 Å². The van der Waals surface area contributed by atoms with Crippen molar-refractivity contribution in [3.05, 3.63) is 41.5 Å². The van der Waals surface area contributed by atoms with E-state index in [1.54, 1.807) is 24.3 Å². The maximum atomic E-state index is 12.5. The van der Waals surface area contributed by atoms with E-state index in [1.807, 2.05) is 11.8 Å². The molecule has 1 aromatic carbocycles. The highest BCUT2D eigenvalue weighted by Crippen LogP contribution is 2.25. The van der Waals surface area contributed by atoms with Gasteiger partial charge in [-0.3, -0.25) is 9.89 Å². The Bertz CT molecular complexity index is 850. The third kappa shape index (κ3) is 4.25. The SMILES string of the molecule is Cc1nc(C2CCN(C(=O)Cc3ccc(S(C)(=O)=O)cc3)CC2)n[nH]1. The molecule has 0 radical (unpaired) electrons. The van der Waals surface area contributed by atoms with Crippen LogP contribution < -0.4 is 0 Å². The van der Waals surface area contributed by atoms with E-state index < -0.39 is 9.84 Å². The number of carbonyl (C=O) groups excluding carboxylic acids is 1. The number of hydrogen-bond acceptors (Lipinski definition) is 5. The second-order valence-corrected chi connectivity index (χ2v) is 8.54. The van der Waals surface area contributed by atoms with E-state index in [0.717, 1.165) is 30.1 Å². The lowest BCUT2D eigenvalue weighted by molar-refractivity contribution is -0.131. The molecule has 0 saturated carbocycles. The summed E-state index contributed by atoms with van der Waals surface area (Å²) in [5.74, 6) is 2.01. The largest absolute Gasteiger partial charge is 0.342 e. The highest BCUT2D eigenvalue weighted by Gasteiger charge is 2.26. The molecule has 8 heteroatoms. The summed E-state index contributed by atoms with van der Waals surface area (Å²) in [6.07, 6.45) is 3.17. The van der Waals surface area contributed by atoms with Crippen molar-refractivity contribution in [3.8, 4) is 0 Å². The van der Waals surface area contributed by atoms with Crippen LogP contribution in [0, 0.1) is 6.92 Å². The molecule has 2 heterocycles. The first kappa shape index (κ1) is 17.6. The number of aryl methyl sites for hydroxylation is 1. The van der Waals surface area contributed by atoms with Gasteiger partial charge in [-0.15, -0.1) is 0 Å². The van der Waals surface area contributed by atoms with Gasteiger partial charge in [0.25, 0.3) is 0 Å². The summed E-state index contributed by atoms with van der Waals surface area (Å²) in [7, 11) is -3.21. The standard InChI is InChI=1S/C17H22N4O3S/c1-12-18-17(20-19-12)14-7-9-21(10-8-14)16(22)11-13-3-5-15(6-4-13)25(2,23)24/h3-6,14H,7-11H2,1-2H3,(H,18,19,20). The summed E-state index contributed by atoms with van der Waals surface area (Å²) in [5, 5.41) is 7.08. The third-order valence-corrected chi connectivity index (χ3v) is 5.66. The molecule has 1 aliphatic heterocycles. The number of amides is 1. The molecule has 3 rings (SSSR count). The minimum atomic E-state index is -3.21. The topological polar surface area (TPSA) is 96.0 Å². The predicted octanol–water partition coefficient (Wildman–Crippen LogP) is 1.47. The van der Waals surface area contributed by atoms with Crippen LogP contribution >= 0.6 is 0 Å². The van der Waals surface area contributed by atoms with E-state index in [0.29, 0.717) is 19.0 Å². The van der Waals surface area contributed by atoms with Crippen LogP contribution in [0.4, 0.5) is 0 Å². The summed E-state index contributed by atoms with van der Waals surface area (Å²) < 4.78 is 23.0. The van der Waals surface area contributed by atoms with Gasteiger partial charge in [0.1, 0.15) is 5.82 Å². The van der Waals surface area contributed by atoms with E-state index in [1.165, 1.54) is 6.26 Å². The molecule has 1 fully saturated rings. The molecule has 0 aliphatic carbocycles. The van der Waals surface area contributed by atoms with Gasteiger partial charge in [0.2, 0.25) is 5.91 Å². The van der Waals surface area contributed by atoms with Gasteiger partial charge in [0.15, 0.2) is 15.7 Å². The van der Waals surface area contributed by atoms with Crippen LogP contribution in [0.3, 0.4) is 0 Å². The molecule has 1 amide bonds. The maximum absolute atomic E-state index is 12.5. The number of hydrogen-bond donors (Lipinski definition) is 1. The molecule has 1 aliphatic rings. The third-order valence-electron chi connectivity index (χ3n) is 4.53. The quantitative estimate of drug-likeness (QED) is 0.888. The van der Waals surface area contributed by atoms with E-state index in [9.17, 15) is 13.2 Å². The number of aromatic nitrogens is 3. The Labute approximate surface area is 147 Å². The fraction of sp³-hybridized carbons (Fsp3) is 0.471. The number of benzene rings is 1. The highest BCUT2D eigenvalue weighted by molar-refractivity contribution is 7.90. The molecule has 1 N–H and O–H groups in total. The number of carbonyl (C=O) groups is 1. The first-order chi connectivity index (χ1) is 11.8. The lowest BCUT2D eigenvalue weighted by atomic mass is 9.95. The first-order valence-electron chi connectivity index (χ1n) is 8.28. The van der Waals surface area contributed by atoms with Crippen molar-refractivity contribution in [2.45, 2.75) is 37.0 Å². The van der Waals surface area contributed by atoms with Gasteiger partial charge >= 0.3 is 0 Å². The summed E-state index contributed by atoms with van der Waals surface area (Å²) in [5.41, 5.74) is 0.823. The fourth-order valence-corrected chi connectivity index (χ4v) is 3.70. The highest BCUT2D eigenvalue weighted by atomic mass is 32.2. The lowest BCUT2D eigenvalue weighted by Gasteiger charge is -2.31. The average molecular weight is 362 g/mol. The van der Waals surface area contributed by atoms with Gasteiger partial charge in [0, 0.05) is 25.3 Å². The zero-order valence-corrected chi connectivity index (χ0v) is 15.2. The summed E-state index contributed by atoms with van der Waals surface area (Å²) >= 11 is 0. The van der Waals surface area contributed by atoms with E-state index in [4.69, 9.17) is 0 Å². The van der Waals surface area contributed by atoms with Crippen LogP contribution in [-0.2, 0) is 21.1 Å². The Morgan fingerprint density at radius 3 is 2.40 bits per heavy atom. The van der Waals surface area contributed by atoms with Crippen molar-refractivity contribution < 1.29 is 13.2 Å². The summed E-state index contributed by atoms with van der Waals surface area (Å²) in [4.78, 5) is 19.0. The van der Waals surface area contributed by atoms with Crippen molar-refractivity contribution in [1.29, 1.82) is 0 Å². The van der Waals surface area contributed by atoms with Crippen LogP contribution in [0.2, 0.25) is 0 Å². The zero-order valence-electron chi connectivity index (χ0n) is 14.4. The molecular weight excluding hydrogens is 340 g/mol. The molecule has 0 bridgehead atoms. The van der Waals surface area contributed by atoms with E-state index >= 15 is 0 Å². The Balaban J connectivity index is 1.56. The van der Waals surface area contributed by atoms with Crippen molar-refractivity contribution in [1.82, 2.24) is 20.1 Å². The molecule has 7 nitrogen and oxygen atoms in total. The van der Waals surface area contributed by atoms with Gasteiger partial charge < -0.3 is 4.90 Å². The van der Waals surface area contributed by atoms with Crippen LogP contribution in [0.1, 0.15) is 36.0 Å². The second kappa shape index (κ2) is 6.95. The number of H-pyrrole nitrogens is 1. The van der Waals surface area contributed by atoms with E-state index in [-0.39, 0.29) is 17.2 Å². The van der Waals surface area contributed by atoms with Crippen molar-refractivity contribution >= 4 is 15.7 Å². The van der Waals surface area contributed by atoms with Crippen molar-refractivity contribution in [3.63, 3.8) is 0 Å². The normalized spacial score (nSPS) is 16.2. The first-order valence-corrected chi connectivity index (χ1v) is 10.2. The predicted molar refractivity (Wildman–Crippen MR) is 92.9 cm³/mol. The monoisotopic (exact) mass is 362 g/mol. The molecule has 0 atom stereocenters. The van der Waals surface area contributed by atoms with Crippen LogP contribution in [0.15, 0.2) is 29.2 Å². The molecule has 1 aromatic heterocycles. The van der Waals surface area contributed by atoms with Crippen molar-refractivity contribution in [2.24, 2.45) is 0 Å². The molecule has 0 spiro atoms. The minimum Gasteiger partial charge on any atom is -0.342 e. The molecule has 2 aromatic rings. The number of nitrogens with one attached hydrogen (secondary N) is 1. The number of nitrogens with zero attached hydrogens (tertiary/aromatic N) is 3. The lowest BCUT2D eigenvalue weighted by Crippen LogP contribution is -2.39. The molecule has 1 saturated heterocycles. The number of rotatable bonds is 4. The smallest absolute Gasteiger partial charge is 0.226 e. The Kier molecular flexibility index (Phi) is 4.89. The number of aromatic amines is 1. The van der Waals surface area contributed by atoms with Gasteiger partial charge in [-0.1, -0.05) is 12.1 Å².